The second-order valence-electron chi connectivity index (χ2n) is 4.96. The van der Waals surface area contributed by atoms with E-state index in [1.165, 1.54) is 34.2 Å². The van der Waals surface area contributed by atoms with Crippen molar-refractivity contribution >= 4 is 39.8 Å². The third-order valence-electron chi connectivity index (χ3n) is 2.93. The SMILES string of the molecule is CCCNC(=O)CSc1nnc(Nc2ccc(C)cc2C)s1. The van der Waals surface area contributed by atoms with Gasteiger partial charge >= 0.3 is 0 Å². The molecular formula is C15H20N4OS2. The summed E-state index contributed by atoms with van der Waals surface area (Å²) in [5.41, 5.74) is 3.43. The Morgan fingerprint density at radius 2 is 2.14 bits per heavy atom. The van der Waals surface area contributed by atoms with Gasteiger partial charge in [0.05, 0.1) is 5.75 Å². The summed E-state index contributed by atoms with van der Waals surface area (Å²) in [7, 11) is 0. The Bertz CT molecular complexity index is 642. The molecule has 1 heterocycles. The van der Waals surface area contributed by atoms with Crippen molar-refractivity contribution in [2.75, 3.05) is 17.6 Å². The van der Waals surface area contributed by atoms with Crippen LogP contribution in [0.2, 0.25) is 0 Å². The molecule has 0 spiro atoms. The molecule has 0 aliphatic heterocycles. The molecule has 0 fully saturated rings. The first kappa shape index (κ1) is 16.8. The van der Waals surface area contributed by atoms with E-state index in [4.69, 9.17) is 0 Å². The van der Waals surface area contributed by atoms with Crippen molar-refractivity contribution < 1.29 is 4.79 Å². The predicted molar refractivity (Wildman–Crippen MR) is 93.1 cm³/mol. The molecule has 0 saturated carbocycles. The zero-order valence-electron chi connectivity index (χ0n) is 13.0. The maximum Gasteiger partial charge on any atom is 0.230 e. The highest BCUT2D eigenvalue weighted by molar-refractivity contribution is 8.01. The van der Waals surface area contributed by atoms with Gasteiger partial charge in [0, 0.05) is 12.2 Å². The molecule has 0 aliphatic carbocycles. The smallest absolute Gasteiger partial charge is 0.230 e. The molecule has 0 aliphatic rings. The maximum absolute atomic E-state index is 11.6. The summed E-state index contributed by atoms with van der Waals surface area (Å²) in [4.78, 5) is 11.6. The molecule has 22 heavy (non-hydrogen) atoms. The monoisotopic (exact) mass is 336 g/mol. The van der Waals surface area contributed by atoms with Crippen LogP contribution >= 0.6 is 23.1 Å². The quantitative estimate of drug-likeness (QED) is 0.757. The molecule has 1 aromatic heterocycles. The highest BCUT2D eigenvalue weighted by Gasteiger charge is 2.09. The molecule has 7 heteroatoms. The molecular weight excluding hydrogens is 316 g/mol. The van der Waals surface area contributed by atoms with E-state index in [1.807, 2.05) is 13.0 Å². The fraction of sp³-hybridized carbons (Fsp3) is 0.400. The minimum absolute atomic E-state index is 0.0333. The van der Waals surface area contributed by atoms with Crippen LogP contribution in [0.4, 0.5) is 10.8 Å². The van der Waals surface area contributed by atoms with Crippen LogP contribution in [0.1, 0.15) is 24.5 Å². The van der Waals surface area contributed by atoms with Crippen LogP contribution in [-0.2, 0) is 4.79 Å². The van der Waals surface area contributed by atoms with Gasteiger partial charge in [-0.2, -0.15) is 0 Å². The molecule has 0 atom stereocenters. The zero-order valence-corrected chi connectivity index (χ0v) is 14.6. The van der Waals surface area contributed by atoms with Crippen LogP contribution in [0.25, 0.3) is 0 Å². The number of nitrogens with one attached hydrogen (secondary N) is 2. The molecule has 5 nitrogen and oxygen atoms in total. The molecule has 1 aromatic carbocycles. The van der Waals surface area contributed by atoms with Gasteiger partial charge in [-0.3, -0.25) is 4.79 Å². The Morgan fingerprint density at radius 1 is 1.32 bits per heavy atom. The van der Waals surface area contributed by atoms with E-state index >= 15 is 0 Å². The van der Waals surface area contributed by atoms with Gasteiger partial charge in [-0.25, -0.2) is 0 Å². The zero-order chi connectivity index (χ0) is 15.9. The number of carbonyl (C=O) groups is 1. The van der Waals surface area contributed by atoms with Crippen LogP contribution in [0.3, 0.4) is 0 Å². The van der Waals surface area contributed by atoms with E-state index in [1.54, 1.807) is 0 Å². The normalized spacial score (nSPS) is 10.5. The Labute approximate surface area is 138 Å². The summed E-state index contributed by atoms with van der Waals surface area (Å²) in [6.45, 7) is 6.88. The molecule has 0 bridgehead atoms. The number of carbonyl (C=O) groups excluding carboxylic acids is 1. The van der Waals surface area contributed by atoms with Crippen molar-refractivity contribution in [1.29, 1.82) is 0 Å². The average molecular weight is 336 g/mol. The third kappa shape index (κ3) is 4.99. The standard InChI is InChI=1S/C15H20N4OS2/c1-4-7-16-13(20)9-21-15-19-18-14(22-15)17-12-6-5-10(2)8-11(12)3/h5-6,8H,4,7,9H2,1-3H3,(H,16,20)(H,17,18). The number of hydrogen-bond acceptors (Lipinski definition) is 6. The minimum Gasteiger partial charge on any atom is -0.355 e. The Morgan fingerprint density at radius 3 is 2.86 bits per heavy atom. The van der Waals surface area contributed by atoms with Crippen LogP contribution < -0.4 is 10.6 Å². The van der Waals surface area contributed by atoms with Gasteiger partial charge in [-0.05, 0) is 31.9 Å². The summed E-state index contributed by atoms with van der Waals surface area (Å²) in [5.74, 6) is 0.406. The van der Waals surface area contributed by atoms with Gasteiger partial charge in [-0.1, -0.05) is 47.7 Å². The van der Waals surface area contributed by atoms with Crippen molar-refractivity contribution in [1.82, 2.24) is 15.5 Å². The van der Waals surface area contributed by atoms with E-state index in [0.717, 1.165) is 28.1 Å². The molecule has 0 unspecified atom stereocenters. The number of amides is 1. The first-order valence-corrected chi connectivity index (χ1v) is 8.96. The Balaban J connectivity index is 1.90. The first-order valence-electron chi connectivity index (χ1n) is 7.15. The first-order chi connectivity index (χ1) is 10.6. The average Bonchev–Trinajstić information content (AvgIpc) is 2.93. The summed E-state index contributed by atoms with van der Waals surface area (Å²) in [6, 6.07) is 6.22. The highest BCUT2D eigenvalue weighted by Crippen LogP contribution is 2.28. The Kier molecular flexibility index (Phi) is 6.21. The van der Waals surface area contributed by atoms with Crippen LogP contribution in [-0.4, -0.2) is 28.4 Å². The number of rotatable bonds is 7. The number of thioether (sulfide) groups is 1. The second kappa shape index (κ2) is 8.14. The lowest BCUT2D eigenvalue weighted by molar-refractivity contribution is -0.118. The molecule has 2 rings (SSSR count). The van der Waals surface area contributed by atoms with E-state index < -0.39 is 0 Å². The van der Waals surface area contributed by atoms with Crippen LogP contribution in [0.5, 0.6) is 0 Å². The fourth-order valence-electron chi connectivity index (χ4n) is 1.83. The van der Waals surface area contributed by atoms with E-state index in [2.05, 4.69) is 46.8 Å². The van der Waals surface area contributed by atoms with E-state index in [-0.39, 0.29) is 5.91 Å². The van der Waals surface area contributed by atoms with Crippen LogP contribution in [0.15, 0.2) is 22.5 Å². The third-order valence-corrected chi connectivity index (χ3v) is 4.90. The minimum atomic E-state index is 0.0333. The largest absolute Gasteiger partial charge is 0.355 e. The van der Waals surface area contributed by atoms with Crippen molar-refractivity contribution in [3.8, 4) is 0 Å². The maximum atomic E-state index is 11.6. The van der Waals surface area contributed by atoms with Crippen molar-refractivity contribution in [3.63, 3.8) is 0 Å². The van der Waals surface area contributed by atoms with Gasteiger partial charge in [-0.15, -0.1) is 10.2 Å². The number of aromatic nitrogens is 2. The van der Waals surface area contributed by atoms with E-state index in [9.17, 15) is 4.79 Å². The summed E-state index contributed by atoms with van der Waals surface area (Å²) in [6.07, 6.45) is 0.944. The summed E-state index contributed by atoms with van der Waals surface area (Å²) >= 11 is 2.87. The molecule has 2 aromatic rings. The summed E-state index contributed by atoms with van der Waals surface area (Å²) < 4.78 is 0.791. The highest BCUT2D eigenvalue weighted by atomic mass is 32.2. The van der Waals surface area contributed by atoms with Gasteiger partial charge in [0.1, 0.15) is 0 Å². The van der Waals surface area contributed by atoms with E-state index in [0.29, 0.717) is 5.75 Å². The predicted octanol–water partition coefficient (Wildman–Crippen LogP) is 3.52. The topological polar surface area (TPSA) is 66.9 Å². The van der Waals surface area contributed by atoms with Crippen LogP contribution in [0, 0.1) is 13.8 Å². The van der Waals surface area contributed by atoms with Gasteiger partial charge < -0.3 is 10.6 Å². The second-order valence-corrected chi connectivity index (χ2v) is 7.16. The van der Waals surface area contributed by atoms with Crippen molar-refractivity contribution in [2.45, 2.75) is 31.5 Å². The lowest BCUT2D eigenvalue weighted by atomic mass is 10.1. The Hall–Kier alpha value is -1.60. The lowest BCUT2D eigenvalue weighted by Crippen LogP contribution is -2.25. The van der Waals surface area contributed by atoms with Gasteiger partial charge in [0.2, 0.25) is 11.0 Å². The van der Waals surface area contributed by atoms with Crippen molar-refractivity contribution in [2.24, 2.45) is 0 Å². The number of anilines is 2. The molecule has 1 amide bonds. The number of aryl methyl sites for hydroxylation is 2. The molecule has 0 radical (unpaired) electrons. The number of nitrogens with zero attached hydrogens (tertiary/aromatic N) is 2. The van der Waals surface area contributed by atoms with Crippen molar-refractivity contribution in [3.05, 3.63) is 29.3 Å². The summed E-state index contributed by atoms with van der Waals surface area (Å²) in [5, 5.41) is 15.1. The molecule has 118 valence electrons. The fourth-order valence-corrected chi connectivity index (χ4v) is 3.42. The molecule has 2 N–H and O–H groups in total. The lowest BCUT2D eigenvalue weighted by Gasteiger charge is -2.06. The number of benzene rings is 1. The number of hydrogen-bond donors (Lipinski definition) is 2. The molecule has 0 saturated heterocycles. The van der Waals surface area contributed by atoms with Gasteiger partial charge in [0.25, 0.3) is 0 Å². The van der Waals surface area contributed by atoms with Gasteiger partial charge in [0.15, 0.2) is 4.34 Å².